The van der Waals surface area contributed by atoms with Crippen LogP contribution < -0.4 is 10.0 Å². The van der Waals surface area contributed by atoms with Gasteiger partial charge in [-0.2, -0.15) is 4.72 Å². The average Bonchev–Trinajstić information content (AvgIpc) is 2.69. The summed E-state index contributed by atoms with van der Waals surface area (Å²) in [5, 5.41) is 2.57. The minimum absolute atomic E-state index is 0.0617. The van der Waals surface area contributed by atoms with Gasteiger partial charge in [0.15, 0.2) is 0 Å². The molecule has 0 heterocycles. The highest BCUT2D eigenvalue weighted by atomic mass is 32.2. The summed E-state index contributed by atoms with van der Waals surface area (Å²) in [6.45, 7) is 0. The van der Waals surface area contributed by atoms with E-state index in [-0.39, 0.29) is 17.0 Å². The molecule has 0 aliphatic heterocycles. The van der Waals surface area contributed by atoms with Gasteiger partial charge in [0, 0.05) is 5.69 Å². The second-order valence-electron chi connectivity index (χ2n) is 6.18. The van der Waals surface area contributed by atoms with Crippen molar-refractivity contribution in [1.82, 2.24) is 4.72 Å². The van der Waals surface area contributed by atoms with Crippen LogP contribution in [-0.4, -0.2) is 20.4 Å². The highest BCUT2D eigenvalue weighted by Crippen LogP contribution is 2.14. The molecule has 1 atom stereocenters. The lowest BCUT2D eigenvalue weighted by molar-refractivity contribution is -0.117. The molecule has 28 heavy (non-hydrogen) atoms. The summed E-state index contributed by atoms with van der Waals surface area (Å²) in [6.07, 6.45) is 0.147. The van der Waals surface area contributed by atoms with Crippen molar-refractivity contribution in [2.75, 3.05) is 5.32 Å². The molecule has 0 spiro atoms. The summed E-state index contributed by atoms with van der Waals surface area (Å²) in [4.78, 5) is 12.8. The number of sulfonamides is 1. The SMILES string of the molecule is O=C(Nc1cccc(F)c1)[C@@H](Cc1ccccc1)NS(=O)(=O)c1ccccc1. The third-order valence-electron chi connectivity index (χ3n) is 4.04. The van der Waals surface area contributed by atoms with Crippen LogP contribution in [0.15, 0.2) is 89.8 Å². The number of hydrogen-bond donors (Lipinski definition) is 2. The Morgan fingerprint density at radius 1 is 0.893 bits per heavy atom. The van der Waals surface area contributed by atoms with Crippen molar-refractivity contribution in [3.63, 3.8) is 0 Å². The zero-order chi connectivity index (χ0) is 20.0. The Bertz CT molecular complexity index is 1040. The van der Waals surface area contributed by atoms with E-state index in [9.17, 15) is 17.6 Å². The Kier molecular flexibility index (Phi) is 6.18. The fraction of sp³-hybridized carbons (Fsp3) is 0.0952. The van der Waals surface area contributed by atoms with E-state index < -0.39 is 27.8 Å². The quantitative estimate of drug-likeness (QED) is 0.641. The maximum absolute atomic E-state index is 13.4. The summed E-state index contributed by atoms with van der Waals surface area (Å²) >= 11 is 0. The first-order valence-corrected chi connectivity index (χ1v) is 10.1. The molecule has 0 aromatic heterocycles. The van der Waals surface area contributed by atoms with E-state index in [0.717, 1.165) is 5.56 Å². The van der Waals surface area contributed by atoms with Gasteiger partial charge in [-0.1, -0.05) is 54.6 Å². The third kappa shape index (κ3) is 5.25. The highest BCUT2D eigenvalue weighted by Gasteiger charge is 2.26. The molecule has 0 radical (unpaired) electrons. The maximum atomic E-state index is 13.4. The summed E-state index contributed by atoms with van der Waals surface area (Å²) < 4.78 is 41.2. The molecule has 5 nitrogen and oxygen atoms in total. The molecule has 3 aromatic carbocycles. The number of carbonyl (C=O) groups is 1. The molecule has 7 heteroatoms. The summed E-state index contributed by atoms with van der Waals surface area (Å²) in [5.41, 5.74) is 1.04. The van der Waals surface area contributed by atoms with Gasteiger partial charge in [-0.25, -0.2) is 12.8 Å². The number of hydrogen-bond acceptors (Lipinski definition) is 3. The minimum atomic E-state index is -3.91. The number of rotatable bonds is 7. The van der Waals surface area contributed by atoms with Gasteiger partial charge in [0.1, 0.15) is 11.9 Å². The van der Waals surface area contributed by atoms with Crippen molar-refractivity contribution >= 4 is 21.6 Å². The molecule has 0 unspecified atom stereocenters. The van der Waals surface area contributed by atoms with Crippen LogP contribution in [0.3, 0.4) is 0 Å². The normalized spacial score (nSPS) is 12.3. The first-order chi connectivity index (χ1) is 13.4. The molecule has 144 valence electrons. The van der Waals surface area contributed by atoms with Gasteiger partial charge in [-0.05, 0) is 42.3 Å². The Morgan fingerprint density at radius 2 is 1.54 bits per heavy atom. The standard InChI is InChI=1S/C21H19FN2O3S/c22-17-10-7-11-18(15-17)23-21(25)20(14-16-8-3-1-4-9-16)24-28(26,27)19-12-5-2-6-13-19/h1-13,15,20,24H,14H2,(H,23,25)/t20-/m1/s1. The van der Waals surface area contributed by atoms with Crippen molar-refractivity contribution in [3.05, 3.63) is 96.3 Å². The van der Waals surface area contributed by atoms with Crippen molar-refractivity contribution in [2.45, 2.75) is 17.4 Å². The fourth-order valence-corrected chi connectivity index (χ4v) is 3.90. The van der Waals surface area contributed by atoms with E-state index in [1.54, 1.807) is 30.3 Å². The first kappa shape index (κ1) is 19.7. The molecule has 0 saturated carbocycles. The lowest BCUT2D eigenvalue weighted by Crippen LogP contribution is -2.45. The first-order valence-electron chi connectivity index (χ1n) is 8.62. The number of carbonyl (C=O) groups excluding carboxylic acids is 1. The Morgan fingerprint density at radius 3 is 2.18 bits per heavy atom. The fourth-order valence-electron chi connectivity index (χ4n) is 2.69. The average molecular weight is 398 g/mol. The largest absolute Gasteiger partial charge is 0.325 e. The van der Waals surface area contributed by atoms with Gasteiger partial charge in [0.05, 0.1) is 4.90 Å². The Labute approximate surface area is 163 Å². The van der Waals surface area contributed by atoms with Gasteiger partial charge in [0.2, 0.25) is 15.9 Å². The molecule has 1 amide bonds. The van der Waals surface area contributed by atoms with Crippen molar-refractivity contribution < 1.29 is 17.6 Å². The predicted octanol–water partition coefficient (Wildman–Crippen LogP) is 3.35. The number of benzene rings is 3. The highest BCUT2D eigenvalue weighted by molar-refractivity contribution is 7.89. The van der Waals surface area contributed by atoms with Crippen LogP contribution in [0.25, 0.3) is 0 Å². The summed E-state index contributed by atoms with van der Waals surface area (Å²) in [5.74, 6) is -1.07. The molecule has 0 saturated heterocycles. The second-order valence-corrected chi connectivity index (χ2v) is 7.89. The molecule has 0 aliphatic carbocycles. The van der Waals surface area contributed by atoms with Crippen LogP contribution >= 0.6 is 0 Å². The van der Waals surface area contributed by atoms with Crippen LogP contribution in [0.5, 0.6) is 0 Å². The molecule has 2 N–H and O–H groups in total. The molecule has 3 aromatic rings. The lowest BCUT2D eigenvalue weighted by Gasteiger charge is -2.19. The maximum Gasteiger partial charge on any atom is 0.242 e. The van der Waals surface area contributed by atoms with Crippen LogP contribution in [0, 0.1) is 5.82 Å². The van der Waals surface area contributed by atoms with Crippen LogP contribution in [0.1, 0.15) is 5.56 Å². The van der Waals surface area contributed by atoms with E-state index in [0.29, 0.717) is 0 Å². The topological polar surface area (TPSA) is 75.3 Å². The molecule has 0 fully saturated rings. The van der Waals surface area contributed by atoms with Crippen LogP contribution in [0.2, 0.25) is 0 Å². The van der Waals surface area contributed by atoms with E-state index in [1.165, 1.54) is 36.4 Å². The van der Waals surface area contributed by atoms with E-state index >= 15 is 0 Å². The van der Waals surface area contributed by atoms with Crippen molar-refractivity contribution in [1.29, 1.82) is 0 Å². The van der Waals surface area contributed by atoms with Crippen molar-refractivity contribution in [3.8, 4) is 0 Å². The second kappa shape index (κ2) is 8.77. The summed E-state index contributed by atoms with van der Waals surface area (Å²) in [6, 6.07) is 21.2. The lowest BCUT2D eigenvalue weighted by atomic mass is 10.1. The van der Waals surface area contributed by atoms with Gasteiger partial charge < -0.3 is 5.32 Å². The van der Waals surface area contributed by atoms with Crippen molar-refractivity contribution in [2.24, 2.45) is 0 Å². The number of halogens is 1. The van der Waals surface area contributed by atoms with Gasteiger partial charge in [-0.15, -0.1) is 0 Å². The Balaban J connectivity index is 1.85. The number of anilines is 1. The van der Waals surface area contributed by atoms with Crippen LogP contribution in [-0.2, 0) is 21.2 Å². The molecular weight excluding hydrogens is 379 g/mol. The predicted molar refractivity (Wildman–Crippen MR) is 106 cm³/mol. The van der Waals surface area contributed by atoms with E-state index in [2.05, 4.69) is 10.0 Å². The molecule has 0 aliphatic rings. The van der Waals surface area contributed by atoms with Crippen LogP contribution in [0.4, 0.5) is 10.1 Å². The monoisotopic (exact) mass is 398 g/mol. The smallest absolute Gasteiger partial charge is 0.242 e. The Hall–Kier alpha value is -3.03. The number of amides is 1. The molecular formula is C21H19FN2O3S. The van der Waals surface area contributed by atoms with E-state index in [1.807, 2.05) is 18.2 Å². The third-order valence-corrected chi connectivity index (χ3v) is 5.53. The van der Waals surface area contributed by atoms with Gasteiger partial charge >= 0.3 is 0 Å². The van der Waals surface area contributed by atoms with Gasteiger partial charge in [0.25, 0.3) is 0 Å². The zero-order valence-electron chi connectivity index (χ0n) is 14.9. The minimum Gasteiger partial charge on any atom is -0.325 e. The molecule has 0 bridgehead atoms. The number of nitrogens with one attached hydrogen (secondary N) is 2. The summed E-state index contributed by atoms with van der Waals surface area (Å²) in [7, 11) is -3.91. The van der Waals surface area contributed by atoms with E-state index in [4.69, 9.17) is 0 Å². The molecule has 3 rings (SSSR count). The van der Waals surface area contributed by atoms with Gasteiger partial charge in [-0.3, -0.25) is 4.79 Å². The zero-order valence-corrected chi connectivity index (χ0v) is 15.7.